The summed E-state index contributed by atoms with van der Waals surface area (Å²) in [4.78, 5) is 12.0. The topological polar surface area (TPSA) is 29.1 Å². The number of hydrogen-bond donors (Lipinski definition) is 1. The van der Waals surface area contributed by atoms with Gasteiger partial charge >= 0.3 is 0 Å². The monoisotopic (exact) mass is 223 g/mol. The van der Waals surface area contributed by atoms with E-state index in [1.54, 1.807) is 0 Å². The molecule has 2 heterocycles. The van der Waals surface area contributed by atoms with Gasteiger partial charge in [-0.05, 0) is 38.0 Å². The number of ketones is 1. The molecule has 0 aromatic rings. The van der Waals surface area contributed by atoms with Crippen LogP contribution >= 0.6 is 0 Å². The van der Waals surface area contributed by atoms with E-state index in [0.29, 0.717) is 11.7 Å². The van der Waals surface area contributed by atoms with Gasteiger partial charge in [-0.15, -0.1) is 0 Å². The predicted molar refractivity (Wildman–Crippen MR) is 66.4 cm³/mol. The van der Waals surface area contributed by atoms with Gasteiger partial charge in [0.15, 0.2) is 0 Å². The second kappa shape index (κ2) is 5.31. The quantitative estimate of drug-likeness (QED) is 0.776. The normalized spacial score (nSPS) is 35.0. The van der Waals surface area contributed by atoms with E-state index in [1.165, 1.54) is 25.7 Å². The Kier molecular flexibility index (Phi) is 4.01. The molecule has 2 nitrogen and oxygen atoms in total. The van der Waals surface area contributed by atoms with E-state index in [4.69, 9.17) is 0 Å². The van der Waals surface area contributed by atoms with Gasteiger partial charge in [0.1, 0.15) is 5.78 Å². The first-order valence-electron chi connectivity index (χ1n) is 6.97. The predicted octanol–water partition coefficient (Wildman–Crippen LogP) is 2.91. The van der Waals surface area contributed by atoms with Gasteiger partial charge in [-0.1, -0.05) is 20.3 Å². The van der Waals surface area contributed by atoms with Gasteiger partial charge in [0.25, 0.3) is 0 Å². The van der Waals surface area contributed by atoms with Crippen LogP contribution in [0.2, 0.25) is 0 Å². The standard InChI is InChI=1S/C14H25NO/c1-3-4-10(2)14(16)9-11-7-12-5-6-13(8-11)15-12/h10-13,15H,3-9H2,1-2H3. The van der Waals surface area contributed by atoms with Crippen LogP contribution in [0.1, 0.15) is 58.8 Å². The molecule has 1 N–H and O–H groups in total. The molecule has 0 aliphatic carbocycles. The minimum atomic E-state index is 0.289. The third-order valence-electron chi connectivity index (χ3n) is 4.33. The number of carbonyl (C=O) groups excluding carboxylic acids is 1. The van der Waals surface area contributed by atoms with E-state index in [9.17, 15) is 4.79 Å². The van der Waals surface area contributed by atoms with Crippen LogP contribution in [0, 0.1) is 11.8 Å². The summed E-state index contributed by atoms with van der Waals surface area (Å²) in [5.74, 6) is 1.47. The van der Waals surface area contributed by atoms with Crippen molar-refractivity contribution >= 4 is 5.78 Å². The smallest absolute Gasteiger partial charge is 0.135 e. The molecule has 16 heavy (non-hydrogen) atoms. The SMILES string of the molecule is CCCC(C)C(=O)CC1CC2CCC(C1)N2. The zero-order chi connectivity index (χ0) is 11.5. The van der Waals surface area contributed by atoms with Crippen molar-refractivity contribution in [3.05, 3.63) is 0 Å². The number of carbonyl (C=O) groups is 1. The molecule has 2 rings (SSSR count). The van der Waals surface area contributed by atoms with Crippen molar-refractivity contribution in [1.82, 2.24) is 5.32 Å². The summed E-state index contributed by atoms with van der Waals surface area (Å²) in [6, 6.07) is 1.44. The van der Waals surface area contributed by atoms with Crippen LogP contribution in [-0.4, -0.2) is 17.9 Å². The molecule has 0 saturated carbocycles. The first kappa shape index (κ1) is 12.1. The van der Waals surface area contributed by atoms with Crippen LogP contribution in [0.25, 0.3) is 0 Å². The summed E-state index contributed by atoms with van der Waals surface area (Å²) < 4.78 is 0. The highest BCUT2D eigenvalue weighted by atomic mass is 16.1. The summed E-state index contributed by atoms with van der Waals surface area (Å²) in [5.41, 5.74) is 0. The summed E-state index contributed by atoms with van der Waals surface area (Å²) in [5, 5.41) is 3.64. The molecule has 0 aromatic carbocycles. The number of nitrogens with one attached hydrogen (secondary N) is 1. The largest absolute Gasteiger partial charge is 0.311 e. The van der Waals surface area contributed by atoms with E-state index < -0.39 is 0 Å². The summed E-state index contributed by atoms with van der Waals surface area (Å²) in [7, 11) is 0. The maximum absolute atomic E-state index is 12.0. The summed E-state index contributed by atoms with van der Waals surface area (Å²) in [6.45, 7) is 4.26. The van der Waals surface area contributed by atoms with Crippen molar-refractivity contribution in [2.75, 3.05) is 0 Å². The Morgan fingerprint density at radius 1 is 1.31 bits per heavy atom. The Morgan fingerprint density at radius 3 is 2.50 bits per heavy atom. The van der Waals surface area contributed by atoms with E-state index in [0.717, 1.165) is 31.3 Å². The second-order valence-corrected chi connectivity index (χ2v) is 5.84. The molecular formula is C14H25NO. The average Bonchev–Trinajstić information content (AvgIpc) is 2.58. The molecule has 2 heteroatoms. The molecule has 0 amide bonds. The van der Waals surface area contributed by atoms with E-state index in [2.05, 4.69) is 19.2 Å². The van der Waals surface area contributed by atoms with Crippen LogP contribution in [-0.2, 0) is 4.79 Å². The van der Waals surface area contributed by atoms with Gasteiger partial charge in [-0.25, -0.2) is 0 Å². The van der Waals surface area contributed by atoms with E-state index in [-0.39, 0.29) is 5.92 Å². The fraction of sp³-hybridized carbons (Fsp3) is 0.929. The highest BCUT2D eigenvalue weighted by molar-refractivity contribution is 5.80. The lowest BCUT2D eigenvalue weighted by molar-refractivity contribution is -0.123. The van der Waals surface area contributed by atoms with Gasteiger partial charge in [-0.2, -0.15) is 0 Å². The van der Waals surface area contributed by atoms with Crippen LogP contribution in [0.15, 0.2) is 0 Å². The number of fused-ring (bicyclic) bond motifs is 2. The average molecular weight is 223 g/mol. The zero-order valence-corrected chi connectivity index (χ0v) is 10.7. The van der Waals surface area contributed by atoms with Crippen molar-refractivity contribution in [1.29, 1.82) is 0 Å². The van der Waals surface area contributed by atoms with Crippen LogP contribution in [0.3, 0.4) is 0 Å². The molecule has 3 atom stereocenters. The molecule has 2 aliphatic rings. The Hall–Kier alpha value is -0.370. The van der Waals surface area contributed by atoms with Crippen molar-refractivity contribution in [2.24, 2.45) is 11.8 Å². The van der Waals surface area contributed by atoms with Crippen molar-refractivity contribution in [3.63, 3.8) is 0 Å². The van der Waals surface area contributed by atoms with E-state index >= 15 is 0 Å². The summed E-state index contributed by atoms with van der Waals surface area (Å²) in [6.07, 6.45) is 8.18. The minimum Gasteiger partial charge on any atom is -0.311 e. The number of rotatable bonds is 5. The van der Waals surface area contributed by atoms with E-state index in [1.807, 2.05) is 0 Å². The van der Waals surface area contributed by atoms with Crippen molar-refractivity contribution in [2.45, 2.75) is 70.9 Å². The molecule has 0 radical (unpaired) electrons. The maximum Gasteiger partial charge on any atom is 0.135 e. The Bertz CT molecular complexity index is 239. The third kappa shape index (κ3) is 2.85. The van der Waals surface area contributed by atoms with Gasteiger partial charge in [-0.3, -0.25) is 4.79 Å². The highest BCUT2D eigenvalue weighted by Gasteiger charge is 2.34. The Labute approximate surface area is 99.2 Å². The first-order valence-corrected chi connectivity index (χ1v) is 6.97. The molecule has 2 bridgehead atoms. The minimum absolute atomic E-state index is 0.289. The Balaban J connectivity index is 1.79. The summed E-state index contributed by atoms with van der Waals surface area (Å²) >= 11 is 0. The van der Waals surface area contributed by atoms with Gasteiger partial charge < -0.3 is 5.32 Å². The highest BCUT2D eigenvalue weighted by Crippen LogP contribution is 2.33. The lowest BCUT2D eigenvalue weighted by Gasteiger charge is -2.29. The molecule has 0 aromatic heterocycles. The second-order valence-electron chi connectivity index (χ2n) is 5.84. The zero-order valence-electron chi connectivity index (χ0n) is 10.7. The van der Waals surface area contributed by atoms with Gasteiger partial charge in [0, 0.05) is 24.4 Å². The van der Waals surface area contributed by atoms with Crippen LogP contribution in [0.5, 0.6) is 0 Å². The lowest BCUT2D eigenvalue weighted by atomic mass is 9.85. The molecule has 2 aliphatic heterocycles. The number of piperidine rings is 1. The fourth-order valence-electron chi connectivity index (χ4n) is 3.42. The van der Waals surface area contributed by atoms with Crippen LogP contribution < -0.4 is 5.32 Å². The molecule has 2 fully saturated rings. The molecular weight excluding hydrogens is 198 g/mol. The lowest BCUT2D eigenvalue weighted by Crippen LogP contribution is -2.38. The molecule has 2 saturated heterocycles. The Morgan fingerprint density at radius 2 is 1.94 bits per heavy atom. The number of Topliss-reactive ketones (excluding diaryl/α,β-unsaturated/α-hetero) is 1. The number of hydrogen-bond acceptors (Lipinski definition) is 2. The molecule has 92 valence electrons. The van der Waals surface area contributed by atoms with Crippen LogP contribution in [0.4, 0.5) is 0 Å². The van der Waals surface area contributed by atoms with Gasteiger partial charge in [0.05, 0.1) is 0 Å². The molecule has 0 spiro atoms. The van der Waals surface area contributed by atoms with Crippen molar-refractivity contribution < 1.29 is 4.79 Å². The van der Waals surface area contributed by atoms with Crippen molar-refractivity contribution in [3.8, 4) is 0 Å². The third-order valence-corrected chi connectivity index (χ3v) is 4.33. The maximum atomic E-state index is 12.0. The van der Waals surface area contributed by atoms with Gasteiger partial charge in [0.2, 0.25) is 0 Å². The molecule has 3 unspecified atom stereocenters. The first-order chi connectivity index (χ1) is 7.69. The fourth-order valence-corrected chi connectivity index (χ4v) is 3.42.